The Morgan fingerprint density at radius 1 is 0.792 bits per heavy atom. The standard InChI is InChI=1S/C20H17OPS2/c1-21-17-14-12-16(13-15-17)20(23)24-22(18-8-4-2-5-9-18)19-10-6-3-7-11-19/h2-15H,1H3. The third-order valence-corrected chi connectivity index (χ3v) is 8.82. The van der Waals surface area contributed by atoms with E-state index in [2.05, 4.69) is 60.7 Å². The molecule has 0 unspecified atom stereocenters. The molecule has 3 aromatic rings. The fourth-order valence-corrected chi connectivity index (χ4v) is 7.03. The number of hydrogen-bond donors (Lipinski definition) is 0. The molecule has 0 aliphatic rings. The van der Waals surface area contributed by atoms with Crippen LogP contribution in [0.4, 0.5) is 0 Å². The van der Waals surface area contributed by atoms with Crippen LogP contribution in [0, 0.1) is 0 Å². The lowest BCUT2D eigenvalue weighted by molar-refractivity contribution is 0.415. The van der Waals surface area contributed by atoms with Gasteiger partial charge in [-0.1, -0.05) is 84.3 Å². The lowest BCUT2D eigenvalue weighted by Gasteiger charge is -2.18. The molecule has 0 spiro atoms. The quantitative estimate of drug-likeness (QED) is 0.455. The Kier molecular flexibility index (Phi) is 6.03. The minimum absolute atomic E-state index is 0.581. The van der Waals surface area contributed by atoms with Crippen molar-refractivity contribution in [2.75, 3.05) is 7.11 Å². The molecule has 0 N–H and O–H groups in total. The van der Waals surface area contributed by atoms with Crippen LogP contribution < -0.4 is 15.3 Å². The second kappa shape index (κ2) is 8.43. The highest BCUT2D eigenvalue weighted by Crippen LogP contribution is 2.49. The number of hydrogen-bond acceptors (Lipinski definition) is 3. The van der Waals surface area contributed by atoms with Crippen molar-refractivity contribution in [2.45, 2.75) is 0 Å². The third kappa shape index (κ3) is 4.24. The molecule has 0 aliphatic carbocycles. The highest BCUT2D eigenvalue weighted by molar-refractivity contribution is 8.69. The molecule has 24 heavy (non-hydrogen) atoms. The van der Waals surface area contributed by atoms with Gasteiger partial charge in [0.1, 0.15) is 5.75 Å². The second-order valence-corrected chi connectivity index (χ2v) is 9.59. The van der Waals surface area contributed by atoms with Gasteiger partial charge < -0.3 is 4.74 Å². The molecule has 0 saturated carbocycles. The van der Waals surface area contributed by atoms with Gasteiger partial charge in [0, 0.05) is 7.12 Å². The average Bonchev–Trinajstić information content (AvgIpc) is 2.67. The molecule has 1 nitrogen and oxygen atoms in total. The molecule has 4 heteroatoms. The van der Waals surface area contributed by atoms with Crippen molar-refractivity contribution in [3.05, 3.63) is 90.5 Å². The Balaban J connectivity index is 1.87. The van der Waals surface area contributed by atoms with E-state index in [-0.39, 0.29) is 0 Å². The predicted octanol–water partition coefficient (Wildman–Crippen LogP) is 5.15. The summed E-state index contributed by atoms with van der Waals surface area (Å²) in [6.07, 6.45) is 0. The van der Waals surface area contributed by atoms with Gasteiger partial charge in [0.05, 0.1) is 11.3 Å². The Bertz CT molecular complexity index is 749. The van der Waals surface area contributed by atoms with Crippen molar-refractivity contribution < 1.29 is 4.74 Å². The Labute approximate surface area is 153 Å². The smallest absolute Gasteiger partial charge is 0.118 e. The topological polar surface area (TPSA) is 9.23 Å². The summed E-state index contributed by atoms with van der Waals surface area (Å²) in [6, 6.07) is 29.1. The molecule has 0 aliphatic heterocycles. The summed E-state index contributed by atoms with van der Waals surface area (Å²) in [6.45, 7) is 0. The third-order valence-electron chi connectivity index (χ3n) is 3.48. The van der Waals surface area contributed by atoms with E-state index in [1.54, 1.807) is 18.5 Å². The second-order valence-electron chi connectivity index (χ2n) is 5.07. The van der Waals surface area contributed by atoms with Crippen molar-refractivity contribution in [2.24, 2.45) is 0 Å². The summed E-state index contributed by atoms with van der Waals surface area (Å²) in [4.78, 5) is 0. The molecule has 0 saturated heterocycles. The monoisotopic (exact) mass is 368 g/mol. The van der Waals surface area contributed by atoms with E-state index in [0.717, 1.165) is 15.5 Å². The molecular formula is C20H17OPS2. The molecule has 0 radical (unpaired) electrons. The maximum Gasteiger partial charge on any atom is 0.118 e. The summed E-state index contributed by atoms with van der Waals surface area (Å²) in [5.74, 6) is 0.847. The molecule has 3 rings (SSSR count). The van der Waals surface area contributed by atoms with E-state index in [0.29, 0.717) is 0 Å². The first-order valence-corrected chi connectivity index (χ1v) is 10.7. The first kappa shape index (κ1) is 17.2. The van der Waals surface area contributed by atoms with E-state index in [1.165, 1.54) is 10.6 Å². The van der Waals surface area contributed by atoms with Gasteiger partial charge in [-0.3, -0.25) is 0 Å². The van der Waals surface area contributed by atoms with E-state index < -0.39 is 7.12 Å². The Morgan fingerprint density at radius 3 is 1.75 bits per heavy atom. The lowest BCUT2D eigenvalue weighted by atomic mass is 10.2. The first-order valence-electron chi connectivity index (χ1n) is 7.54. The molecule has 3 aromatic carbocycles. The van der Waals surface area contributed by atoms with E-state index in [9.17, 15) is 0 Å². The molecule has 0 bridgehead atoms. The van der Waals surface area contributed by atoms with Crippen molar-refractivity contribution in [3.63, 3.8) is 0 Å². The summed E-state index contributed by atoms with van der Waals surface area (Å²) >= 11 is 7.49. The minimum Gasteiger partial charge on any atom is -0.497 e. The molecule has 120 valence electrons. The fraction of sp³-hybridized carbons (Fsp3) is 0.0500. The fourth-order valence-electron chi connectivity index (χ4n) is 2.24. The van der Waals surface area contributed by atoms with Crippen molar-refractivity contribution >= 4 is 45.5 Å². The van der Waals surface area contributed by atoms with Gasteiger partial charge in [0.25, 0.3) is 0 Å². The molecule has 0 amide bonds. The predicted molar refractivity (Wildman–Crippen MR) is 111 cm³/mol. The van der Waals surface area contributed by atoms with Crippen molar-refractivity contribution in [1.29, 1.82) is 0 Å². The molecule has 0 atom stereocenters. The molecule has 0 fully saturated rings. The maximum atomic E-state index is 5.71. The van der Waals surface area contributed by atoms with Gasteiger partial charge >= 0.3 is 0 Å². The van der Waals surface area contributed by atoms with Crippen LogP contribution >= 0.6 is 30.7 Å². The zero-order valence-electron chi connectivity index (χ0n) is 13.3. The summed E-state index contributed by atoms with van der Waals surface area (Å²) in [7, 11) is 1.09. The average molecular weight is 368 g/mol. The lowest BCUT2D eigenvalue weighted by Crippen LogP contribution is -2.10. The van der Waals surface area contributed by atoms with E-state index >= 15 is 0 Å². The zero-order valence-corrected chi connectivity index (χ0v) is 15.8. The summed E-state index contributed by atoms with van der Waals surface area (Å²) < 4.78 is 6.14. The minimum atomic E-state index is -0.581. The zero-order chi connectivity index (χ0) is 16.8. The number of methoxy groups -OCH3 is 1. The Hall–Kier alpha value is -1.67. The van der Waals surface area contributed by atoms with Gasteiger partial charge in [-0.05, 0) is 40.4 Å². The number of thiocarbonyl (C=S) groups is 1. The maximum absolute atomic E-state index is 5.71. The van der Waals surface area contributed by atoms with Crippen LogP contribution in [-0.4, -0.2) is 11.3 Å². The first-order chi connectivity index (χ1) is 11.8. The SMILES string of the molecule is COc1ccc(C(=S)SP(c2ccccc2)c2ccccc2)cc1. The van der Waals surface area contributed by atoms with Crippen LogP contribution in [-0.2, 0) is 0 Å². The van der Waals surface area contributed by atoms with E-state index in [4.69, 9.17) is 17.0 Å². The molecule has 0 aromatic heterocycles. The van der Waals surface area contributed by atoms with E-state index in [1.807, 2.05) is 24.3 Å². The van der Waals surface area contributed by atoms with Crippen LogP contribution in [0.2, 0.25) is 0 Å². The summed E-state index contributed by atoms with van der Waals surface area (Å²) in [5, 5.41) is 2.64. The van der Waals surface area contributed by atoms with Crippen LogP contribution in [0.25, 0.3) is 0 Å². The summed E-state index contributed by atoms with van der Waals surface area (Å²) in [5.41, 5.74) is 1.06. The van der Waals surface area contributed by atoms with Crippen LogP contribution in [0.15, 0.2) is 84.9 Å². The van der Waals surface area contributed by atoms with Crippen molar-refractivity contribution in [3.8, 4) is 5.75 Å². The number of ether oxygens (including phenoxy) is 1. The van der Waals surface area contributed by atoms with Gasteiger partial charge in [-0.2, -0.15) is 0 Å². The molecule has 0 heterocycles. The highest BCUT2D eigenvalue weighted by Gasteiger charge is 2.17. The van der Waals surface area contributed by atoms with Gasteiger partial charge in [-0.25, -0.2) is 0 Å². The Morgan fingerprint density at radius 2 is 1.29 bits per heavy atom. The van der Waals surface area contributed by atoms with Crippen molar-refractivity contribution in [1.82, 2.24) is 0 Å². The molecular weight excluding hydrogens is 351 g/mol. The normalized spacial score (nSPS) is 10.6. The van der Waals surface area contributed by atoms with Gasteiger partial charge in [0.15, 0.2) is 0 Å². The number of benzene rings is 3. The van der Waals surface area contributed by atoms with Crippen LogP contribution in [0.5, 0.6) is 5.75 Å². The van der Waals surface area contributed by atoms with Gasteiger partial charge in [0.2, 0.25) is 0 Å². The number of rotatable bonds is 5. The van der Waals surface area contributed by atoms with Crippen LogP contribution in [0.3, 0.4) is 0 Å². The van der Waals surface area contributed by atoms with Crippen LogP contribution in [0.1, 0.15) is 5.56 Å². The van der Waals surface area contributed by atoms with Gasteiger partial charge in [-0.15, -0.1) is 0 Å². The highest BCUT2D eigenvalue weighted by atomic mass is 32.7. The largest absolute Gasteiger partial charge is 0.497 e.